The second-order valence-electron chi connectivity index (χ2n) is 6.95. The van der Waals surface area contributed by atoms with Gasteiger partial charge < -0.3 is 15.5 Å². The Hall–Kier alpha value is -1.35. The average molecular weight is 499 g/mol. The number of thiophene rings is 1. The van der Waals surface area contributed by atoms with Crippen molar-refractivity contribution < 1.29 is 0 Å². The molecule has 27 heavy (non-hydrogen) atoms. The number of aliphatic imine (C=N–C) groups is 1. The molecule has 0 aliphatic carbocycles. The summed E-state index contributed by atoms with van der Waals surface area (Å²) < 4.78 is 0. The van der Waals surface area contributed by atoms with Crippen LogP contribution in [0.4, 0.5) is 5.82 Å². The smallest absolute Gasteiger partial charge is 0.191 e. The Morgan fingerprint density at radius 1 is 1.33 bits per heavy atom. The number of piperidine rings is 1. The largest absolute Gasteiger partial charge is 0.356 e. The number of guanidine groups is 1. The molecule has 0 radical (unpaired) electrons. The normalized spacial score (nSPS) is 16.6. The van der Waals surface area contributed by atoms with E-state index in [0.717, 1.165) is 49.9 Å². The van der Waals surface area contributed by atoms with Crippen LogP contribution in [-0.4, -0.2) is 43.7 Å². The molecular formula is C20H30IN5S. The van der Waals surface area contributed by atoms with E-state index in [2.05, 4.69) is 61.4 Å². The third-order valence-corrected chi connectivity index (χ3v) is 5.65. The number of anilines is 1. The van der Waals surface area contributed by atoms with Gasteiger partial charge in [-0.2, -0.15) is 11.3 Å². The van der Waals surface area contributed by atoms with Gasteiger partial charge >= 0.3 is 0 Å². The maximum atomic E-state index is 4.64. The van der Waals surface area contributed by atoms with Gasteiger partial charge in [-0.15, -0.1) is 24.0 Å². The van der Waals surface area contributed by atoms with Crippen LogP contribution < -0.4 is 15.5 Å². The fraction of sp³-hybridized carbons (Fsp3) is 0.500. The van der Waals surface area contributed by atoms with Crippen LogP contribution in [-0.2, 0) is 0 Å². The van der Waals surface area contributed by atoms with Gasteiger partial charge in [-0.05, 0) is 60.2 Å². The minimum absolute atomic E-state index is 0. The van der Waals surface area contributed by atoms with Crippen molar-refractivity contribution in [2.75, 3.05) is 31.6 Å². The Bertz CT molecular complexity index is 711. The van der Waals surface area contributed by atoms with Gasteiger partial charge in [-0.3, -0.25) is 4.99 Å². The number of halogens is 1. The van der Waals surface area contributed by atoms with Crippen molar-refractivity contribution in [3.05, 3.63) is 46.3 Å². The number of pyridine rings is 1. The molecule has 1 saturated heterocycles. The fourth-order valence-electron chi connectivity index (χ4n) is 3.27. The predicted octanol–water partition coefficient (Wildman–Crippen LogP) is 4.01. The van der Waals surface area contributed by atoms with Crippen molar-refractivity contribution in [1.82, 2.24) is 15.6 Å². The van der Waals surface area contributed by atoms with E-state index < -0.39 is 0 Å². The minimum Gasteiger partial charge on any atom is -0.356 e. The van der Waals surface area contributed by atoms with Gasteiger partial charge in [0.1, 0.15) is 5.82 Å². The highest BCUT2D eigenvalue weighted by Gasteiger charge is 2.21. The number of aryl methyl sites for hydroxylation is 1. The van der Waals surface area contributed by atoms with Crippen molar-refractivity contribution in [3.8, 4) is 0 Å². The van der Waals surface area contributed by atoms with Gasteiger partial charge in [0, 0.05) is 38.4 Å². The molecule has 1 aliphatic rings. The molecule has 0 bridgehead atoms. The predicted molar refractivity (Wildman–Crippen MR) is 127 cm³/mol. The first-order valence-electron chi connectivity index (χ1n) is 9.33. The first kappa shape index (κ1) is 21.9. The fourth-order valence-corrected chi connectivity index (χ4v) is 4.05. The number of nitrogens with one attached hydrogen (secondary N) is 2. The molecule has 5 nitrogen and oxygen atoms in total. The van der Waals surface area contributed by atoms with Crippen molar-refractivity contribution in [1.29, 1.82) is 0 Å². The summed E-state index contributed by atoms with van der Waals surface area (Å²) in [5.41, 5.74) is 2.46. The molecule has 1 fully saturated rings. The van der Waals surface area contributed by atoms with E-state index in [0.29, 0.717) is 12.0 Å². The summed E-state index contributed by atoms with van der Waals surface area (Å²) in [5, 5.41) is 11.4. The van der Waals surface area contributed by atoms with E-state index in [4.69, 9.17) is 0 Å². The Kier molecular flexibility index (Phi) is 8.82. The topological polar surface area (TPSA) is 52.6 Å². The molecule has 2 N–H and O–H groups in total. The van der Waals surface area contributed by atoms with E-state index in [1.54, 1.807) is 11.3 Å². The molecule has 2 aromatic rings. The summed E-state index contributed by atoms with van der Waals surface area (Å²) in [5.74, 6) is 2.48. The highest BCUT2D eigenvalue weighted by Crippen LogP contribution is 2.19. The lowest BCUT2D eigenvalue weighted by Crippen LogP contribution is -2.49. The molecule has 1 atom stereocenters. The van der Waals surface area contributed by atoms with E-state index in [1.807, 2.05) is 20.0 Å². The number of aromatic nitrogens is 1. The van der Waals surface area contributed by atoms with Gasteiger partial charge in [0.2, 0.25) is 0 Å². The summed E-state index contributed by atoms with van der Waals surface area (Å²) in [4.78, 5) is 11.4. The summed E-state index contributed by atoms with van der Waals surface area (Å²) in [7, 11) is 1.84. The number of nitrogens with zero attached hydrogens (tertiary/aromatic N) is 3. The third kappa shape index (κ3) is 6.34. The van der Waals surface area contributed by atoms with E-state index in [9.17, 15) is 0 Å². The Morgan fingerprint density at radius 2 is 2.11 bits per heavy atom. The Labute approximate surface area is 183 Å². The molecule has 7 heteroatoms. The second kappa shape index (κ2) is 10.8. The lowest BCUT2D eigenvalue weighted by atomic mass is 10.0. The molecule has 0 amide bonds. The SMILES string of the molecule is CN=C(NCC(C)c1ccsc1)NC1CCN(c2cccc(C)n2)CC1.I. The highest BCUT2D eigenvalue weighted by molar-refractivity contribution is 14.0. The lowest BCUT2D eigenvalue weighted by Gasteiger charge is -2.34. The van der Waals surface area contributed by atoms with E-state index in [-0.39, 0.29) is 24.0 Å². The monoisotopic (exact) mass is 499 g/mol. The molecule has 0 spiro atoms. The zero-order valence-corrected chi connectivity index (χ0v) is 19.5. The molecule has 3 rings (SSSR count). The lowest BCUT2D eigenvalue weighted by molar-refractivity contribution is 0.459. The van der Waals surface area contributed by atoms with Crippen molar-refractivity contribution in [3.63, 3.8) is 0 Å². The first-order chi connectivity index (χ1) is 12.7. The minimum atomic E-state index is 0. The maximum absolute atomic E-state index is 4.64. The number of hydrogen-bond donors (Lipinski definition) is 2. The third-order valence-electron chi connectivity index (χ3n) is 4.94. The van der Waals surface area contributed by atoms with Gasteiger partial charge in [0.15, 0.2) is 5.96 Å². The average Bonchev–Trinajstić information content (AvgIpc) is 3.20. The van der Waals surface area contributed by atoms with Crippen LogP contribution in [0, 0.1) is 6.92 Å². The molecule has 0 saturated carbocycles. The van der Waals surface area contributed by atoms with E-state index in [1.165, 1.54) is 5.56 Å². The van der Waals surface area contributed by atoms with Crippen LogP contribution in [0.5, 0.6) is 0 Å². The Balaban J connectivity index is 0.00000261. The second-order valence-corrected chi connectivity index (χ2v) is 7.73. The number of hydrogen-bond acceptors (Lipinski definition) is 4. The summed E-state index contributed by atoms with van der Waals surface area (Å²) >= 11 is 1.75. The van der Waals surface area contributed by atoms with Crippen LogP contribution in [0.25, 0.3) is 0 Å². The molecule has 2 aromatic heterocycles. The zero-order valence-electron chi connectivity index (χ0n) is 16.3. The molecular weight excluding hydrogens is 469 g/mol. The molecule has 1 unspecified atom stereocenters. The van der Waals surface area contributed by atoms with Crippen molar-refractivity contribution in [2.45, 2.75) is 38.6 Å². The van der Waals surface area contributed by atoms with Crippen LogP contribution in [0.3, 0.4) is 0 Å². The quantitative estimate of drug-likeness (QED) is 0.371. The summed E-state index contributed by atoms with van der Waals surface area (Å²) in [6.45, 7) is 7.23. The van der Waals surface area contributed by atoms with Gasteiger partial charge in [0.05, 0.1) is 0 Å². The van der Waals surface area contributed by atoms with Crippen LogP contribution in [0.15, 0.2) is 40.0 Å². The molecule has 0 aromatic carbocycles. The first-order valence-corrected chi connectivity index (χ1v) is 10.3. The van der Waals surface area contributed by atoms with Gasteiger partial charge in [-0.25, -0.2) is 4.98 Å². The summed E-state index contributed by atoms with van der Waals surface area (Å²) in [6.07, 6.45) is 2.19. The molecule has 1 aliphatic heterocycles. The Morgan fingerprint density at radius 3 is 2.74 bits per heavy atom. The summed E-state index contributed by atoms with van der Waals surface area (Å²) in [6, 6.07) is 8.89. The van der Waals surface area contributed by atoms with Crippen molar-refractivity contribution in [2.24, 2.45) is 4.99 Å². The van der Waals surface area contributed by atoms with Crippen LogP contribution >= 0.6 is 35.3 Å². The highest BCUT2D eigenvalue weighted by atomic mass is 127. The van der Waals surface area contributed by atoms with Gasteiger partial charge in [-0.1, -0.05) is 13.0 Å². The maximum Gasteiger partial charge on any atom is 0.191 e. The van der Waals surface area contributed by atoms with Crippen molar-refractivity contribution >= 4 is 47.1 Å². The number of rotatable bonds is 5. The van der Waals surface area contributed by atoms with Crippen LogP contribution in [0.1, 0.15) is 36.9 Å². The molecule has 148 valence electrons. The van der Waals surface area contributed by atoms with E-state index >= 15 is 0 Å². The standard InChI is InChI=1S/C20H29N5S.HI/c1-15(17-9-12-26-14-17)13-22-20(21-3)24-18-7-10-25(11-8-18)19-6-4-5-16(2)23-19;/h4-6,9,12,14-15,18H,7-8,10-11,13H2,1-3H3,(H2,21,22,24);1H. The van der Waals surface area contributed by atoms with Crippen LogP contribution in [0.2, 0.25) is 0 Å². The zero-order chi connectivity index (χ0) is 18.4. The van der Waals surface area contributed by atoms with Gasteiger partial charge in [0.25, 0.3) is 0 Å². The molecule has 3 heterocycles.